The first-order valence-corrected chi connectivity index (χ1v) is 9.56. The number of sulfone groups is 1. The molecule has 1 saturated heterocycles. The molecule has 1 N–H and O–H groups in total. The molecule has 0 aliphatic carbocycles. The van der Waals surface area contributed by atoms with Crippen LogP contribution in [0.5, 0.6) is 0 Å². The van der Waals surface area contributed by atoms with Gasteiger partial charge in [-0.1, -0.05) is 6.07 Å². The van der Waals surface area contributed by atoms with Gasteiger partial charge in [-0.3, -0.25) is 14.2 Å². The fourth-order valence-electron chi connectivity index (χ4n) is 2.82. The minimum atomic E-state index is -3.12. The van der Waals surface area contributed by atoms with Crippen LogP contribution in [0.4, 0.5) is 5.69 Å². The number of carbonyl (C=O) groups excluding carboxylic acids is 1. The summed E-state index contributed by atoms with van der Waals surface area (Å²) in [5.41, 5.74) is 1.14. The fraction of sp³-hybridized carbons (Fsp3) is 0.294. The minimum Gasteiger partial charge on any atom is -0.326 e. The highest BCUT2D eigenvalue weighted by Gasteiger charge is 2.29. The summed E-state index contributed by atoms with van der Waals surface area (Å²) in [7, 11) is -3.12. The number of hydrogen-bond acceptors (Lipinski definition) is 4. The first kappa shape index (κ1) is 16.4. The number of aromatic nitrogens is 1. The van der Waals surface area contributed by atoms with Gasteiger partial charge in [0.05, 0.1) is 17.4 Å². The maximum Gasteiger partial charge on any atom is 0.255 e. The number of amides is 1. The van der Waals surface area contributed by atoms with Crippen LogP contribution in [0.15, 0.2) is 53.5 Å². The number of hydrogen-bond donors (Lipinski definition) is 1. The van der Waals surface area contributed by atoms with Crippen LogP contribution in [0.1, 0.15) is 12.8 Å². The summed E-state index contributed by atoms with van der Waals surface area (Å²) in [6, 6.07) is 11.8. The highest BCUT2D eigenvalue weighted by Crippen LogP contribution is 2.20. The summed E-state index contributed by atoms with van der Waals surface area (Å²) >= 11 is 0. The minimum absolute atomic E-state index is 0.0870. The van der Waals surface area contributed by atoms with Crippen LogP contribution in [0.25, 0.3) is 5.69 Å². The number of pyridine rings is 1. The average molecular weight is 346 g/mol. The normalized spacial score (nSPS) is 19.6. The Kier molecular flexibility index (Phi) is 4.53. The van der Waals surface area contributed by atoms with Gasteiger partial charge < -0.3 is 5.32 Å². The van der Waals surface area contributed by atoms with E-state index in [0.717, 1.165) is 0 Å². The molecule has 2 aromatic rings. The van der Waals surface area contributed by atoms with E-state index in [1.54, 1.807) is 42.6 Å². The molecule has 6 nitrogen and oxygen atoms in total. The summed E-state index contributed by atoms with van der Waals surface area (Å²) in [4.78, 5) is 24.0. The quantitative estimate of drug-likeness (QED) is 0.915. The molecular formula is C17H18N2O4S. The van der Waals surface area contributed by atoms with E-state index in [9.17, 15) is 18.0 Å². The molecule has 1 aromatic heterocycles. The molecule has 0 spiro atoms. The van der Waals surface area contributed by atoms with Gasteiger partial charge in [0, 0.05) is 23.6 Å². The molecule has 1 atom stereocenters. The maximum atomic E-state index is 12.2. The van der Waals surface area contributed by atoms with E-state index in [1.807, 2.05) is 0 Å². The molecular weight excluding hydrogens is 328 g/mol. The van der Waals surface area contributed by atoms with Crippen LogP contribution in [0.3, 0.4) is 0 Å². The molecule has 0 radical (unpaired) electrons. The fourth-order valence-corrected chi connectivity index (χ4v) is 4.52. The zero-order valence-corrected chi connectivity index (χ0v) is 13.8. The van der Waals surface area contributed by atoms with Crippen molar-refractivity contribution in [1.82, 2.24) is 4.57 Å². The summed E-state index contributed by atoms with van der Waals surface area (Å²) in [5, 5.41) is 2.75. The molecule has 3 rings (SSSR count). The third-order valence-electron chi connectivity index (χ3n) is 4.07. The smallest absolute Gasteiger partial charge is 0.255 e. The number of nitrogens with one attached hydrogen (secondary N) is 1. The van der Waals surface area contributed by atoms with Crippen LogP contribution < -0.4 is 10.9 Å². The Hall–Kier alpha value is -2.41. The Morgan fingerprint density at radius 2 is 1.88 bits per heavy atom. The largest absolute Gasteiger partial charge is 0.326 e. The summed E-state index contributed by atoms with van der Waals surface area (Å²) in [6.07, 6.45) is 2.78. The predicted molar refractivity (Wildman–Crippen MR) is 92.0 cm³/mol. The van der Waals surface area contributed by atoms with Gasteiger partial charge in [0.25, 0.3) is 5.56 Å². The van der Waals surface area contributed by atoms with E-state index in [4.69, 9.17) is 0 Å². The molecule has 1 aliphatic rings. The molecule has 7 heteroatoms. The summed E-state index contributed by atoms with van der Waals surface area (Å²) < 4.78 is 24.8. The molecule has 1 aliphatic heterocycles. The van der Waals surface area contributed by atoms with Gasteiger partial charge >= 0.3 is 0 Å². The second-order valence-electron chi connectivity index (χ2n) is 5.90. The van der Waals surface area contributed by atoms with Gasteiger partial charge in [0.1, 0.15) is 0 Å². The van der Waals surface area contributed by atoms with Crippen molar-refractivity contribution in [1.29, 1.82) is 0 Å². The summed E-state index contributed by atoms with van der Waals surface area (Å²) in [5.74, 6) is -0.698. The van der Waals surface area contributed by atoms with E-state index in [2.05, 4.69) is 5.32 Å². The number of nitrogens with zero attached hydrogens (tertiary/aromatic N) is 1. The monoisotopic (exact) mass is 346 g/mol. The Bertz CT molecular complexity index is 901. The lowest BCUT2D eigenvalue weighted by molar-refractivity contribution is -0.119. The highest BCUT2D eigenvalue weighted by molar-refractivity contribution is 7.91. The van der Waals surface area contributed by atoms with Crippen molar-refractivity contribution < 1.29 is 13.2 Å². The molecule has 0 saturated carbocycles. The van der Waals surface area contributed by atoms with E-state index >= 15 is 0 Å². The molecule has 126 valence electrons. The summed E-state index contributed by atoms with van der Waals surface area (Å²) in [6.45, 7) is 0. The van der Waals surface area contributed by atoms with Crippen molar-refractivity contribution in [3.63, 3.8) is 0 Å². The number of benzene rings is 1. The van der Waals surface area contributed by atoms with Gasteiger partial charge in [-0.05, 0) is 43.2 Å². The average Bonchev–Trinajstić information content (AvgIpc) is 2.55. The van der Waals surface area contributed by atoms with E-state index in [0.29, 0.717) is 24.2 Å². The molecule has 1 amide bonds. The number of rotatable bonds is 3. The van der Waals surface area contributed by atoms with Crippen LogP contribution in [0.2, 0.25) is 0 Å². The van der Waals surface area contributed by atoms with E-state index in [1.165, 1.54) is 10.6 Å². The van der Waals surface area contributed by atoms with Crippen molar-refractivity contribution in [2.45, 2.75) is 12.8 Å². The van der Waals surface area contributed by atoms with Crippen molar-refractivity contribution in [2.75, 3.05) is 16.8 Å². The Labute approximate surface area is 140 Å². The van der Waals surface area contributed by atoms with Crippen molar-refractivity contribution in [3.8, 4) is 5.69 Å². The third-order valence-corrected chi connectivity index (χ3v) is 5.89. The van der Waals surface area contributed by atoms with Crippen LogP contribution in [-0.4, -0.2) is 30.4 Å². The molecule has 2 heterocycles. The molecule has 1 unspecified atom stereocenters. The third kappa shape index (κ3) is 3.73. The zero-order valence-electron chi connectivity index (χ0n) is 13.0. The predicted octanol–water partition coefficient (Wildman–Crippen LogP) is 1.60. The second kappa shape index (κ2) is 6.60. The number of anilines is 1. The maximum absolute atomic E-state index is 12.2. The van der Waals surface area contributed by atoms with Crippen LogP contribution in [-0.2, 0) is 14.6 Å². The topological polar surface area (TPSA) is 85.2 Å². The van der Waals surface area contributed by atoms with E-state index < -0.39 is 15.8 Å². The first-order valence-electron chi connectivity index (χ1n) is 7.74. The van der Waals surface area contributed by atoms with Gasteiger partial charge in [-0.2, -0.15) is 0 Å². The van der Waals surface area contributed by atoms with Gasteiger partial charge in [0.2, 0.25) is 5.91 Å². The lowest BCUT2D eigenvalue weighted by Gasteiger charge is -2.21. The SMILES string of the molecule is O=C(Nc1ccc(-n2ccccc2=O)cc1)C1CCCS(=O)(=O)C1. The van der Waals surface area contributed by atoms with Crippen molar-refractivity contribution >= 4 is 21.4 Å². The lowest BCUT2D eigenvalue weighted by atomic mass is 10.0. The number of carbonyl (C=O) groups is 1. The molecule has 1 fully saturated rings. The Morgan fingerprint density at radius 1 is 1.12 bits per heavy atom. The second-order valence-corrected chi connectivity index (χ2v) is 8.13. The zero-order chi connectivity index (χ0) is 17.2. The van der Waals surface area contributed by atoms with Crippen molar-refractivity contribution in [2.24, 2.45) is 5.92 Å². The standard InChI is InChI=1S/C17H18N2O4S/c20-16-5-1-2-10-19(16)15-8-6-14(7-9-15)18-17(21)13-4-3-11-24(22,23)12-13/h1-2,5-10,13H,3-4,11-12H2,(H,18,21). The van der Waals surface area contributed by atoms with Gasteiger partial charge in [0.15, 0.2) is 9.84 Å². The van der Waals surface area contributed by atoms with E-state index in [-0.39, 0.29) is 23.0 Å². The van der Waals surface area contributed by atoms with Crippen LogP contribution >= 0.6 is 0 Å². The Balaban J connectivity index is 1.71. The molecule has 1 aromatic carbocycles. The lowest BCUT2D eigenvalue weighted by Crippen LogP contribution is -2.34. The van der Waals surface area contributed by atoms with Gasteiger partial charge in [-0.15, -0.1) is 0 Å². The van der Waals surface area contributed by atoms with Crippen LogP contribution in [0, 0.1) is 5.92 Å². The molecule has 24 heavy (non-hydrogen) atoms. The first-order chi connectivity index (χ1) is 11.4. The highest BCUT2D eigenvalue weighted by atomic mass is 32.2. The molecule has 0 bridgehead atoms. The van der Waals surface area contributed by atoms with Gasteiger partial charge in [-0.25, -0.2) is 8.42 Å². The Morgan fingerprint density at radius 3 is 2.54 bits per heavy atom. The van der Waals surface area contributed by atoms with Crippen molar-refractivity contribution in [3.05, 3.63) is 59.0 Å².